The molecule has 3 nitrogen and oxygen atoms in total. The number of carboxylic acids is 1. The van der Waals surface area contributed by atoms with Crippen LogP contribution >= 0.6 is 23.2 Å². The first-order chi connectivity index (χ1) is 8.23. The van der Waals surface area contributed by atoms with E-state index in [-0.39, 0.29) is 10.0 Å². The molecule has 100 valence electrons. The number of aliphatic carboxylic acids is 1. The zero-order valence-corrected chi connectivity index (χ0v) is 10.2. The summed E-state index contributed by atoms with van der Waals surface area (Å²) in [7, 11) is 0. The first-order valence-electron chi connectivity index (χ1n) is 4.57. The van der Waals surface area contributed by atoms with Crippen molar-refractivity contribution in [2.45, 2.75) is 12.3 Å². The third-order valence-corrected chi connectivity index (χ3v) is 2.77. The van der Waals surface area contributed by atoms with Crippen LogP contribution in [0.5, 0.6) is 0 Å². The number of hydrogen-bond donors (Lipinski definition) is 1. The SMILES string of the molecule is O=C(O)CO[C@H](c1cccc(Cl)c1Cl)C(F)(F)F. The Labute approximate surface area is 110 Å². The van der Waals surface area contributed by atoms with Gasteiger partial charge in [-0.05, 0) is 6.07 Å². The third-order valence-electron chi connectivity index (χ3n) is 1.93. The fourth-order valence-corrected chi connectivity index (χ4v) is 1.65. The fraction of sp³-hybridized carbons (Fsp3) is 0.300. The van der Waals surface area contributed by atoms with E-state index in [9.17, 15) is 18.0 Å². The lowest BCUT2D eigenvalue weighted by Crippen LogP contribution is -2.26. The van der Waals surface area contributed by atoms with E-state index in [2.05, 4.69) is 4.74 Å². The van der Waals surface area contributed by atoms with Crippen LogP contribution in [0.3, 0.4) is 0 Å². The molecule has 0 spiro atoms. The highest BCUT2D eigenvalue weighted by Gasteiger charge is 2.43. The molecule has 8 heteroatoms. The Bertz CT molecular complexity index is 448. The van der Waals surface area contributed by atoms with Crippen molar-refractivity contribution in [1.29, 1.82) is 0 Å². The second kappa shape index (κ2) is 5.77. The summed E-state index contributed by atoms with van der Waals surface area (Å²) in [6.07, 6.45) is -7.22. The van der Waals surface area contributed by atoms with Crippen molar-refractivity contribution in [1.82, 2.24) is 0 Å². The molecule has 0 heterocycles. The number of rotatable bonds is 4. The van der Waals surface area contributed by atoms with Crippen LogP contribution < -0.4 is 0 Å². The van der Waals surface area contributed by atoms with E-state index >= 15 is 0 Å². The molecule has 18 heavy (non-hydrogen) atoms. The molecule has 1 aromatic carbocycles. The van der Waals surface area contributed by atoms with E-state index in [4.69, 9.17) is 28.3 Å². The van der Waals surface area contributed by atoms with Gasteiger partial charge in [-0.25, -0.2) is 4.79 Å². The Morgan fingerprint density at radius 2 is 2.00 bits per heavy atom. The highest BCUT2D eigenvalue weighted by Crippen LogP contribution is 2.40. The summed E-state index contributed by atoms with van der Waals surface area (Å²) in [5, 5.41) is 7.97. The third kappa shape index (κ3) is 3.76. The van der Waals surface area contributed by atoms with E-state index in [1.54, 1.807) is 0 Å². The Hall–Kier alpha value is -0.980. The van der Waals surface area contributed by atoms with E-state index in [1.807, 2.05) is 0 Å². The van der Waals surface area contributed by atoms with Gasteiger partial charge < -0.3 is 9.84 Å². The zero-order chi connectivity index (χ0) is 13.9. The van der Waals surface area contributed by atoms with Gasteiger partial charge in [-0.15, -0.1) is 0 Å². The molecule has 0 bridgehead atoms. The summed E-state index contributed by atoms with van der Waals surface area (Å²) in [4.78, 5) is 10.3. The lowest BCUT2D eigenvalue weighted by Gasteiger charge is -2.21. The molecule has 1 N–H and O–H groups in total. The van der Waals surface area contributed by atoms with Crippen LogP contribution in [0.2, 0.25) is 10.0 Å². The molecular formula is C10H7Cl2F3O3. The van der Waals surface area contributed by atoms with Crippen molar-refractivity contribution >= 4 is 29.2 Å². The maximum Gasteiger partial charge on any atom is 0.418 e. The van der Waals surface area contributed by atoms with E-state index in [1.165, 1.54) is 12.1 Å². The van der Waals surface area contributed by atoms with Gasteiger partial charge in [0.05, 0.1) is 10.0 Å². The average molecular weight is 303 g/mol. The van der Waals surface area contributed by atoms with Crippen LogP contribution in [0.4, 0.5) is 13.2 Å². The Morgan fingerprint density at radius 1 is 1.39 bits per heavy atom. The minimum Gasteiger partial charge on any atom is -0.480 e. The van der Waals surface area contributed by atoms with Crippen LogP contribution in [0, 0.1) is 0 Å². The molecule has 0 radical (unpaired) electrons. The maximum atomic E-state index is 12.7. The van der Waals surface area contributed by atoms with Crippen LogP contribution in [-0.4, -0.2) is 23.9 Å². The maximum absolute atomic E-state index is 12.7. The van der Waals surface area contributed by atoms with Gasteiger partial charge >= 0.3 is 12.1 Å². The monoisotopic (exact) mass is 302 g/mol. The molecule has 0 aliphatic rings. The van der Waals surface area contributed by atoms with Gasteiger partial charge in [0.1, 0.15) is 6.61 Å². The van der Waals surface area contributed by atoms with Gasteiger partial charge in [0.15, 0.2) is 6.10 Å². The van der Waals surface area contributed by atoms with Crippen molar-refractivity contribution in [2.75, 3.05) is 6.61 Å². The summed E-state index contributed by atoms with van der Waals surface area (Å²) in [5.41, 5.74) is -0.419. The summed E-state index contributed by atoms with van der Waals surface area (Å²) in [5.74, 6) is -1.51. The number of hydrogen-bond acceptors (Lipinski definition) is 2. The van der Waals surface area contributed by atoms with Crippen molar-refractivity contribution in [3.8, 4) is 0 Å². The molecule has 0 saturated heterocycles. The van der Waals surface area contributed by atoms with Crippen molar-refractivity contribution in [3.05, 3.63) is 33.8 Å². The number of alkyl halides is 3. The highest BCUT2D eigenvalue weighted by atomic mass is 35.5. The van der Waals surface area contributed by atoms with Crippen molar-refractivity contribution in [3.63, 3.8) is 0 Å². The Morgan fingerprint density at radius 3 is 2.50 bits per heavy atom. The van der Waals surface area contributed by atoms with Gasteiger partial charge in [-0.3, -0.25) is 0 Å². The lowest BCUT2D eigenvalue weighted by atomic mass is 10.1. The van der Waals surface area contributed by atoms with Crippen LogP contribution in [0.1, 0.15) is 11.7 Å². The normalized spacial score (nSPS) is 13.4. The molecule has 0 aliphatic carbocycles. The molecule has 1 atom stereocenters. The standard InChI is InChI=1S/C10H7Cl2F3O3/c11-6-3-1-2-5(8(6)12)9(10(13,14)15)18-4-7(16)17/h1-3,9H,4H2,(H,16,17)/t9-/m1/s1. The van der Waals surface area contributed by atoms with Gasteiger partial charge in [-0.1, -0.05) is 35.3 Å². The molecule has 1 rings (SSSR count). The minimum absolute atomic E-state index is 0.0673. The Balaban J connectivity index is 3.10. The smallest absolute Gasteiger partial charge is 0.418 e. The summed E-state index contributed by atoms with van der Waals surface area (Å²) < 4.78 is 42.6. The average Bonchev–Trinajstić information content (AvgIpc) is 2.22. The molecular weight excluding hydrogens is 296 g/mol. The topological polar surface area (TPSA) is 46.5 Å². The molecule has 0 aromatic heterocycles. The molecule has 0 saturated carbocycles. The van der Waals surface area contributed by atoms with Gasteiger partial charge in [-0.2, -0.15) is 13.2 Å². The first kappa shape index (κ1) is 15.1. The fourth-order valence-electron chi connectivity index (χ4n) is 1.24. The Kier molecular flexibility index (Phi) is 4.84. The predicted molar refractivity (Wildman–Crippen MR) is 58.8 cm³/mol. The lowest BCUT2D eigenvalue weighted by molar-refractivity contribution is -0.225. The number of benzene rings is 1. The van der Waals surface area contributed by atoms with Crippen molar-refractivity contribution < 1.29 is 27.8 Å². The number of halogens is 5. The van der Waals surface area contributed by atoms with Crippen LogP contribution in [0.15, 0.2) is 18.2 Å². The van der Waals surface area contributed by atoms with Crippen LogP contribution in [-0.2, 0) is 9.53 Å². The number of ether oxygens (including phenoxy) is 1. The van der Waals surface area contributed by atoms with E-state index in [0.29, 0.717) is 0 Å². The second-order valence-corrected chi connectivity index (χ2v) is 4.05. The van der Waals surface area contributed by atoms with Gasteiger partial charge in [0.2, 0.25) is 0 Å². The number of carboxylic acid groups (broad SMARTS) is 1. The molecule has 0 unspecified atom stereocenters. The molecule has 0 amide bonds. The quantitative estimate of drug-likeness (QED) is 0.922. The van der Waals surface area contributed by atoms with Gasteiger partial charge in [0.25, 0.3) is 0 Å². The second-order valence-electron chi connectivity index (χ2n) is 3.27. The predicted octanol–water partition coefficient (Wildman–Crippen LogP) is 3.70. The highest BCUT2D eigenvalue weighted by molar-refractivity contribution is 6.42. The van der Waals surface area contributed by atoms with E-state index in [0.717, 1.165) is 6.07 Å². The summed E-state index contributed by atoms with van der Waals surface area (Å²) >= 11 is 11.2. The molecule has 1 aromatic rings. The van der Waals surface area contributed by atoms with E-state index < -0.39 is 30.4 Å². The molecule has 0 aliphatic heterocycles. The first-order valence-corrected chi connectivity index (χ1v) is 5.33. The van der Waals surface area contributed by atoms with Gasteiger partial charge in [0, 0.05) is 5.56 Å². The zero-order valence-electron chi connectivity index (χ0n) is 8.67. The molecule has 0 fully saturated rings. The summed E-state index contributed by atoms with van der Waals surface area (Å²) in [6, 6.07) is 3.67. The van der Waals surface area contributed by atoms with Crippen molar-refractivity contribution in [2.24, 2.45) is 0 Å². The minimum atomic E-state index is -4.79. The van der Waals surface area contributed by atoms with Crippen LogP contribution in [0.25, 0.3) is 0 Å². The number of carbonyl (C=O) groups is 1. The summed E-state index contributed by atoms with van der Waals surface area (Å²) in [6.45, 7) is -1.09. The largest absolute Gasteiger partial charge is 0.480 e.